The van der Waals surface area contributed by atoms with E-state index in [0.717, 1.165) is 12.8 Å². The van der Waals surface area contributed by atoms with Crippen LogP contribution >= 0.6 is 23.6 Å². The summed E-state index contributed by atoms with van der Waals surface area (Å²) in [6.45, 7) is 2.03. The molecule has 5 heteroatoms. The first-order valence-corrected chi connectivity index (χ1v) is 6.88. The quantitative estimate of drug-likeness (QED) is 0.853. The molecule has 1 unspecified atom stereocenters. The van der Waals surface area contributed by atoms with Crippen LogP contribution in [0.5, 0.6) is 0 Å². The van der Waals surface area contributed by atoms with E-state index >= 15 is 0 Å². The van der Waals surface area contributed by atoms with Gasteiger partial charge in [-0.05, 0) is 31.2 Å². The standard InChI is InChI=1S/C12H16N2OS2/c1-8(9-4-3-7-17-9)14(2)11(15)12(5-6-12)10(13)16/h3-4,7-8H,5-6H2,1-2H3,(H2,13,16). The van der Waals surface area contributed by atoms with Crippen molar-refractivity contribution in [2.24, 2.45) is 11.1 Å². The maximum Gasteiger partial charge on any atom is 0.235 e. The molecule has 1 heterocycles. The van der Waals surface area contributed by atoms with Gasteiger partial charge in [-0.1, -0.05) is 18.3 Å². The van der Waals surface area contributed by atoms with Crippen LogP contribution in [0.3, 0.4) is 0 Å². The van der Waals surface area contributed by atoms with Crippen molar-refractivity contribution >= 4 is 34.5 Å². The van der Waals surface area contributed by atoms with Gasteiger partial charge >= 0.3 is 0 Å². The number of carbonyl (C=O) groups excluding carboxylic acids is 1. The topological polar surface area (TPSA) is 46.3 Å². The molecule has 0 aromatic carbocycles. The molecule has 1 aromatic rings. The first kappa shape index (κ1) is 12.5. The van der Waals surface area contributed by atoms with Gasteiger partial charge in [-0.25, -0.2) is 0 Å². The molecule has 1 amide bonds. The van der Waals surface area contributed by atoms with Gasteiger partial charge in [0.25, 0.3) is 0 Å². The fourth-order valence-corrected chi connectivity index (χ4v) is 3.04. The zero-order chi connectivity index (χ0) is 12.6. The van der Waals surface area contributed by atoms with Crippen LogP contribution in [0.2, 0.25) is 0 Å². The molecule has 1 saturated carbocycles. The number of rotatable bonds is 4. The minimum absolute atomic E-state index is 0.0610. The highest BCUT2D eigenvalue weighted by molar-refractivity contribution is 7.80. The Morgan fingerprint density at radius 2 is 2.29 bits per heavy atom. The number of nitrogens with zero attached hydrogens (tertiary/aromatic N) is 1. The molecule has 1 atom stereocenters. The van der Waals surface area contributed by atoms with E-state index in [9.17, 15) is 4.79 Å². The normalized spacial score (nSPS) is 18.5. The number of thiophene rings is 1. The number of thiocarbonyl (C=S) groups is 1. The molecule has 1 fully saturated rings. The Morgan fingerprint density at radius 1 is 1.65 bits per heavy atom. The molecule has 0 saturated heterocycles. The van der Waals surface area contributed by atoms with E-state index < -0.39 is 5.41 Å². The van der Waals surface area contributed by atoms with Gasteiger partial charge in [-0.15, -0.1) is 11.3 Å². The summed E-state index contributed by atoms with van der Waals surface area (Å²) in [5.74, 6) is 0.0610. The molecule has 3 nitrogen and oxygen atoms in total. The van der Waals surface area contributed by atoms with Crippen LogP contribution in [0.4, 0.5) is 0 Å². The zero-order valence-electron chi connectivity index (χ0n) is 9.97. The highest BCUT2D eigenvalue weighted by Gasteiger charge is 2.54. The molecule has 92 valence electrons. The van der Waals surface area contributed by atoms with Crippen molar-refractivity contribution in [1.82, 2.24) is 4.90 Å². The highest BCUT2D eigenvalue weighted by Crippen LogP contribution is 2.48. The lowest BCUT2D eigenvalue weighted by molar-refractivity contribution is -0.135. The number of carbonyl (C=O) groups is 1. The second-order valence-corrected chi connectivity index (χ2v) is 5.97. The molecule has 2 rings (SSSR count). The van der Waals surface area contributed by atoms with E-state index in [1.54, 1.807) is 16.2 Å². The summed E-state index contributed by atoms with van der Waals surface area (Å²) in [7, 11) is 1.82. The third-order valence-electron chi connectivity index (χ3n) is 3.49. The SMILES string of the molecule is CC(c1cccs1)N(C)C(=O)C1(C(N)=S)CC1. The van der Waals surface area contributed by atoms with Gasteiger partial charge in [0.1, 0.15) is 0 Å². The maximum atomic E-state index is 12.4. The van der Waals surface area contributed by atoms with Crippen LogP contribution in [-0.2, 0) is 4.79 Å². The van der Waals surface area contributed by atoms with Gasteiger partial charge in [-0.3, -0.25) is 4.79 Å². The van der Waals surface area contributed by atoms with Crippen LogP contribution in [-0.4, -0.2) is 22.8 Å². The van der Waals surface area contributed by atoms with E-state index in [2.05, 4.69) is 0 Å². The summed E-state index contributed by atoms with van der Waals surface area (Å²) in [5, 5.41) is 2.02. The number of hydrogen-bond donors (Lipinski definition) is 1. The molecular formula is C12H16N2OS2. The molecular weight excluding hydrogens is 252 g/mol. The lowest BCUT2D eigenvalue weighted by Gasteiger charge is -2.28. The number of hydrogen-bond acceptors (Lipinski definition) is 3. The second-order valence-electron chi connectivity index (χ2n) is 4.55. The van der Waals surface area contributed by atoms with Crippen LogP contribution in [0.25, 0.3) is 0 Å². The predicted octanol–water partition coefficient (Wildman–Crippen LogP) is 2.33. The van der Waals surface area contributed by atoms with Crippen molar-refractivity contribution < 1.29 is 4.79 Å². The average molecular weight is 268 g/mol. The maximum absolute atomic E-state index is 12.4. The Labute approximate surface area is 111 Å². The molecule has 2 N–H and O–H groups in total. The molecule has 0 spiro atoms. The van der Waals surface area contributed by atoms with Crippen molar-refractivity contribution in [3.05, 3.63) is 22.4 Å². The summed E-state index contributed by atoms with van der Waals surface area (Å²) in [6, 6.07) is 4.11. The van der Waals surface area contributed by atoms with Gasteiger partial charge in [0.15, 0.2) is 0 Å². The van der Waals surface area contributed by atoms with Crippen molar-refractivity contribution in [3.63, 3.8) is 0 Å². The molecule has 0 radical (unpaired) electrons. The average Bonchev–Trinajstić information content (AvgIpc) is 2.95. The van der Waals surface area contributed by atoms with Gasteiger partial charge in [0.2, 0.25) is 5.91 Å². The largest absolute Gasteiger partial charge is 0.392 e. The van der Waals surface area contributed by atoms with E-state index in [1.165, 1.54) is 4.88 Å². The van der Waals surface area contributed by atoms with Crippen LogP contribution in [0.15, 0.2) is 17.5 Å². The molecule has 1 aliphatic rings. The third kappa shape index (κ3) is 2.09. The molecule has 17 heavy (non-hydrogen) atoms. The Kier molecular flexibility index (Phi) is 3.23. The molecule has 1 aliphatic carbocycles. The minimum atomic E-state index is -0.546. The summed E-state index contributed by atoms with van der Waals surface area (Å²) in [4.78, 5) is 15.7. The monoisotopic (exact) mass is 268 g/mol. The fraction of sp³-hybridized carbons (Fsp3) is 0.500. The lowest BCUT2D eigenvalue weighted by atomic mass is 10.0. The second kappa shape index (κ2) is 4.38. The summed E-state index contributed by atoms with van der Waals surface area (Å²) < 4.78 is 0. The van der Waals surface area contributed by atoms with Gasteiger partial charge < -0.3 is 10.6 Å². The van der Waals surface area contributed by atoms with Crippen molar-refractivity contribution in [2.75, 3.05) is 7.05 Å². The van der Waals surface area contributed by atoms with Crippen LogP contribution < -0.4 is 5.73 Å². The Hall–Kier alpha value is -0.940. The number of nitrogens with two attached hydrogens (primary N) is 1. The molecule has 1 aromatic heterocycles. The first-order chi connectivity index (χ1) is 7.99. The predicted molar refractivity (Wildman–Crippen MR) is 74.0 cm³/mol. The summed E-state index contributed by atoms with van der Waals surface area (Å²) >= 11 is 6.67. The van der Waals surface area contributed by atoms with E-state index in [0.29, 0.717) is 4.99 Å². The summed E-state index contributed by atoms with van der Waals surface area (Å²) in [6.07, 6.45) is 1.59. The van der Waals surface area contributed by atoms with E-state index in [-0.39, 0.29) is 11.9 Å². The van der Waals surface area contributed by atoms with Gasteiger partial charge in [0, 0.05) is 11.9 Å². The van der Waals surface area contributed by atoms with Crippen molar-refractivity contribution in [3.8, 4) is 0 Å². The van der Waals surface area contributed by atoms with Crippen LogP contribution in [0.1, 0.15) is 30.7 Å². The van der Waals surface area contributed by atoms with Gasteiger partial charge in [-0.2, -0.15) is 0 Å². The Bertz CT molecular complexity index is 437. The smallest absolute Gasteiger partial charge is 0.235 e. The Morgan fingerprint density at radius 3 is 2.71 bits per heavy atom. The fourth-order valence-electron chi connectivity index (χ4n) is 1.92. The lowest BCUT2D eigenvalue weighted by Crippen LogP contribution is -2.41. The van der Waals surface area contributed by atoms with E-state index in [1.807, 2.05) is 31.5 Å². The minimum Gasteiger partial charge on any atom is -0.392 e. The number of amides is 1. The zero-order valence-corrected chi connectivity index (χ0v) is 11.6. The van der Waals surface area contributed by atoms with Crippen molar-refractivity contribution in [2.45, 2.75) is 25.8 Å². The van der Waals surface area contributed by atoms with Crippen molar-refractivity contribution in [1.29, 1.82) is 0 Å². The molecule has 0 bridgehead atoms. The van der Waals surface area contributed by atoms with E-state index in [4.69, 9.17) is 18.0 Å². The third-order valence-corrected chi connectivity index (χ3v) is 4.92. The first-order valence-electron chi connectivity index (χ1n) is 5.59. The van der Waals surface area contributed by atoms with Gasteiger partial charge in [0.05, 0.1) is 16.4 Å². The molecule has 0 aliphatic heterocycles. The summed E-state index contributed by atoms with van der Waals surface area (Å²) in [5.41, 5.74) is 5.13. The van der Waals surface area contributed by atoms with Crippen LogP contribution in [0, 0.1) is 5.41 Å². The highest BCUT2D eigenvalue weighted by atomic mass is 32.1. The Balaban J connectivity index is 2.13.